The molecule has 2 heterocycles. The summed E-state index contributed by atoms with van der Waals surface area (Å²) in [5.74, 6) is 0.00649. The number of nitrogens with one attached hydrogen (secondary N) is 2. The summed E-state index contributed by atoms with van der Waals surface area (Å²) in [5.41, 5.74) is 0.999. The normalized spacial score (nSPS) is 12.4. The number of aromatic amines is 1. The van der Waals surface area contributed by atoms with Gasteiger partial charge in [-0.05, 0) is 30.2 Å². The summed E-state index contributed by atoms with van der Waals surface area (Å²) >= 11 is 0. The fourth-order valence-electron chi connectivity index (χ4n) is 3.30. The van der Waals surface area contributed by atoms with E-state index in [9.17, 15) is 9.59 Å². The van der Waals surface area contributed by atoms with Crippen molar-refractivity contribution in [3.05, 3.63) is 76.0 Å². The smallest absolute Gasteiger partial charge is 0.262 e. The Morgan fingerprint density at radius 2 is 1.96 bits per heavy atom. The molecule has 1 atom stereocenters. The largest absolute Gasteiger partial charge is 0.442 e. The molecule has 0 aliphatic carbocycles. The molecule has 6 nitrogen and oxygen atoms in total. The van der Waals surface area contributed by atoms with Gasteiger partial charge >= 0.3 is 0 Å². The van der Waals surface area contributed by atoms with E-state index in [4.69, 9.17) is 4.42 Å². The second kappa shape index (κ2) is 6.15. The van der Waals surface area contributed by atoms with Crippen molar-refractivity contribution < 1.29 is 9.21 Å². The number of hydrogen-bond acceptors (Lipinski definition) is 4. The zero-order valence-corrected chi connectivity index (χ0v) is 14.4. The molecule has 0 unspecified atom stereocenters. The van der Waals surface area contributed by atoms with Crippen LogP contribution in [0.15, 0.2) is 58.0 Å². The number of aromatic nitrogens is 2. The second-order valence-corrected chi connectivity index (χ2v) is 6.21. The molecule has 0 fully saturated rings. The van der Waals surface area contributed by atoms with Crippen LogP contribution in [0.4, 0.5) is 0 Å². The molecular weight excluding hydrogens is 330 g/mol. The van der Waals surface area contributed by atoms with E-state index in [0.29, 0.717) is 5.76 Å². The van der Waals surface area contributed by atoms with Gasteiger partial charge < -0.3 is 14.7 Å². The quantitative estimate of drug-likeness (QED) is 0.594. The highest BCUT2D eigenvalue weighted by Crippen LogP contribution is 2.26. The van der Waals surface area contributed by atoms with Crippen LogP contribution in [0.1, 0.15) is 34.6 Å². The van der Waals surface area contributed by atoms with Gasteiger partial charge in [0.05, 0.1) is 17.9 Å². The van der Waals surface area contributed by atoms with Crippen LogP contribution in [0.2, 0.25) is 0 Å². The Kier molecular flexibility index (Phi) is 3.80. The van der Waals surface area contributed by atoms with Gasteiger partial charge in [0, 0.05) is 0 Å². The summed E-state index contributed by atoms with van der Waals surface area (Å²) in [5, 5.41) is 5.33. The van der Waals surface area contributed by atoms with Gasteiger partial charge in [0.2, 0.25) is 5.71 Å². The lowest BCUT2D eigenvalue weighted by atomic mass is 9.99. The molecule has 4 aromatic rings. The van der Waals surface area contributed by atoms with E-state index in [1.807, 2.05) is 49.4 Å². The highest BCUT2D eigenvalue weighted by molar-refractivity contribution is 6.06. The van der Waals surface area contributed by atoms with Crippen LogP contribution >= 0.6 is 0 Å². The third kappa shape index (κ3) is 2.56. The third-order valence-corrected chi connectivity index (χ3v) is 4.53. The zero-order chi connectivity index (χ0) is 18.3. The molecule has 0 spiro atoms. The molecule has 0 aliphatic rings. The SMILES string of the molecule is Cc1oc2nc[nH]c(=O)c2c1C(=O)N[C@@H](C)c1cccc2ccccc12. The van der Waals surface area contributed by atoms with Gasteiger partial charge in [-0.15, -0.1) is 0 Å². The molecule has 0 radical (unpaired) electrons. The Morgan fingerprint density at radius 1 is 1.19 bits per heavy atom. The molecule has 2 aromatic heterocycles. The molecule has 4 rings (SSSR count). The van der Waals surface area contributed by atoms with Crippen LogP contribution in [-0.2, 0) is 0 Å². The number of carbonyl (C=O) groups excluding carboxylic acids is 1. The molecule has 0 saturated heterocycles. The third-order valence-electron chi connectivity index (χ3n) is 4.53. The Bertz CT molecular complexity index is 1180. The van der Waals surface area contributed by atoms with Gasteiger partial charge in [-0.1, -0.05) is 42.5 Å². The van der Waals surface area contributed by atoms with E-state index in [-0.39, 0.29) is 28.6 Å². The summed E-state index contributed by atoms with van der Waals surface area (Å²) in [4.78, 5) is 31.4. The van der Waals surface area contributed by atoms with Crippen molar-refractivity contribution >= 4 is 27.8 Å². The monoisotopic (exact) mass is 347 g/mol. The van der Waals surface area contributed by atoms with Crippen molar-refractivity contribution in [2.45, 2.75) is 19.9 Å². The van der Waals surface area contributed by atoms with Crippen molar-refractivity contribution in [1.29, 1.82) is 0 Å². The Morgan fingerprint density at radius 3 is 2.81 bits per heavy atom. The summed E-state index contributed by atoms with van der Waals surface area (Å²) in [7, 11) is 0. The molecule has 2 aromatic carbocycles. The standard InChI is InChI=1S/C20H17N3O3/c1-11(14-9-5-7-13-6-3-4-8-15(13)14)23-19(25)16-12(2)26-20-17(16)18(24)21-10-22-20/h3-11H,1-2H3,(H,23,25)(H,21,22,24)/t11-/m0/s1. The van der Waals surface area contributed by atoms with Crippen molar-refractivity contribution in [3.63, 3.8) is 0 Å². The average molecular weight is 347 g/mol. The van der Waals surface area contributed by atoms with E-state index >= 15 is 0 Å². The first-order valence-corrected chi connectivity index (χ1v) is 8.31. The number of fused-ring (bicyclic) bond motifs is 2. The number of furan rings is 1. The number of hydrogen-bond donors (Lipinski definition) is 2. The molecule has 0 bridgehead atoms. The number of amides is 1. The molecular formula is C20H17N3O3. The average Bonchev–Trinajstić information content (AvgIpc) is 2.98. The van der Waals surface area contributed by atoms with Crippen molar-refractivity contribution in [3.8, 4) is 0 Å². The first-order chi connectivity index (χ1) is 12.6. The van der Waals surface area contributed by atoms with Gasteiger partial charge in [0.1, 0.15) is 11.1 Å². The topological polar surface area (TPSA) is 88.0 Å². The van der Waals surface area contributed by atoms with Crippen LogP contribution in [-0.4, -0.2) is 15.9 Å². The summed E-state index contributed by atoms with van der Waals surface area (Å²) in [6.07, 6.45) is 1.26. The lowest BCUT2D eigenvalue weighted by Gasteiger charge is -2.16. The minimum Gasteiger partial charge on any atom is -0.442 e. The first-order valence-electron chi connectivity index (χ1n) is 8.31. The van der Waals surface area contributed by atoms with Crippen LogP contribution in [0.3, 0.4) is 0 Å². The van der Waals surface area contributed by atoms with Gasteiger partial charge in [-0.25, -0.2) is 4.98 Å². The fourth-order valence-corrected chi connectivity index (χ4v) is 3.30. The predicted molar refractivity (Wildman–Crippen MR) is 99.2 cm³/mol. The molecule has 130 valence electrons. The number of rotatable bonds is 3. The highest BCUT2D eigenvalue weighted by atomic mass is 16.3. The fraction of sp³-hybridized carbons (Fsp3) is 0.150. The zero-order valence-electron chi connectivity index (χ0n) is 14.4. The van der Waals surface area contributed by atoms with Crippen molar-refractivity contribution in [2.75, 3.05) is 0 Å². The highest BCUT2D eigenvalue weighted by Gasteiger charge is 2.23. The van der Waals surface area contributed by atoms with Crippen LogP contribution < -0.4 is 10.9 Å². The second-order valence-electron chi connectivity index (χ2n) is 6.21. The van der Waals surface area contributed by atoms with Crippen molar-refractivity contribution in [2.24, 2.45) is 0 Å². The molecule has 26 heavy (non-hydrogen) atoms. The van der Waals surface area contributed by atoms with Crippen LogP contribution in [0.25, 0.3) is 21.9 Å². The van der Waals surface area contributed by atoms with E-state index in [2.05, 4.69) is 15.3 Å². The summed E-state index contributed by atoms with van der Waals surface area (Å²) < 4.78 is 5.47. The number of aryl methyl sites for hydroxylation is 1. The predicted octanol–water partition coefficient (Wildman–Crippen LogP) is 3.47. The first kappa shape index (κ1) is 16.1. The van der Waals surface area contributed by atoms with Crippen LogP contribution in [0, 0.1) is 6.92 Å². The van der Waals surface area contributed by atoms with Gasteiger partial charge in [-0.2, -0.15) is 0 Å². The van der Waals surface area contributed by atoms with E-state index in [1.54, 1.807) is 6.92 Å². The number of H-pyrrole nitrogens is 1. The Hall–Kier alpha value is -3.41. The Labute approximate surface area is 148 Å². The van der Waals surface area contributed by atoms with E-state index < -0.39 is 5.56 Å². The maximum Gasteiger partial charge on any atom is 0.262 e. The molecule has 0 aliphatic heterocycles. The number of carbonyl (C=O) groups is 1. The van der Waals surface area contributed by atoms with E-state index in [1.165, 1.54) is 6.33 Å². The number of nitrogens with zero attached hydrogens (tertiary/aromatic N) is 1. The maximum absolute atomic E-state index is 12.9. The van der Waals surface area contributed by atoms with Crippen molar-refractivity contribution in [1.82, 2.24) is 15.3 Å². The van der Waals surface area contributed by atoms with Gasteiger partial charge in [0.15, 0.2) is 0 Å². The minimum atomic E-state index is -0.394. The molecule has 6 heteroatoms. The van der Waals surface area contributed by atoms with Gasteiger partial charge in [0.25, 0.3) is 11.5 Å². The molecule has 1 amide bonds. The Balaban J connectivity index is 1.73. The molecule has 0 saturated carbocycles. The minimum absolute atomic E-state index is 0.161. The lowest BCUT2D eigenvalue weighted by Crippen LogP contribution is -2.28. The summed E-state index contributed by atoms with van der Waals surface area (Å²) in [6.45, 7) is 3.57. The van der Waals surface area contributed by atoms with Crippen LogP contribution in [0.5, 0.6) is 0 Å². The maximum atomic E-state index is 12.9. The summed E-state index contributed by atoms with van der Waals surface area (Å²) in [6, 6.07) is 13.8. The van der Waals surface area contributed by atoms with Gasteiger partial charge in [-0.3, -0.25) is 9.59 Å². The number of benzene rings is 2. The molecule has 2 N–H and O–H groups in total. The lowest BCUT2D eigenvalue weighted by molar-refractivity contribution is 0.0940. The van der Waals surface area contributed by atoms with E-state index in [0.717, 1.165) is 16.3 Å².